The molecule has 1 N–H and O–H groups in total. The molecule has 0 aliphatic carbocycles. The number of fused-ring (bicyclic) bond motifs is 1. The van der Waals surface area contributed by atoms with Crippen LogP contribution >= 0.6 is 24.8 Å². The van der Waals surface area contributed by atoms with E-state index >= 15 is 0 Å². The average molecular weight is 388 g/mol. The number of imidazole rings is 1. The van der Waals surface area contributed by atoms with Gasteiger partial charge in [-0.05, 0) is 44.2 Å². The second kappa shape index (κ2) is 9.57. The molecular formula is C17H27Cl2N5O. The molecule has 1 unspecified atom stereocenters. The highest BCUT2D eigenvalue weighted by atomic mass is 35.5. The highest BCUT2D eigenvalue weighted by molar-refractivity contribution is 5.85. The molecule has 2 aliphatic heterocycles. The second-order valence-electron chi connectivity index (χ2n) is 6.59. The summed E-state index contributed by atoms with van der Waals surface area (Å²) < 4.78 is 9.95. The van der Waals surface area contributed by atoms with E-state index in [1.165, 1.54) is 18.5 Å². The number of aryl methyl sites for hydroxylation is 2. The highest BCUT2D eigenvalue weighted by Gasteiger charge is 2.17. The Morgan fingerprint density at radius 3 is 3.04 bits per heavy atom. The number of aromatic nitrogens is 4. The number of halogens is 2. The van der Waals surface area contributed by atoms with Crippen molar-refractivity contribution in [3.05, 3.63) is 24.2 Å². The van der Waals surface area contributed by atoms with Crippen molar-refractivity contribution < 1.29 is 4.74 Å². The van der Waals surface area contributed by atoms with Gasteiger partial charge in [0.05, 0.1) is 5.69 Å². The average Bonchev–Trinajstić information content (AvgIpc) is 3.15. The minimum absolute atomic E-state index is 0. The minimum atomic E-state index is 0. The molecule has 0 amide bonds. The molecule has 8 heteroatoms. The summed E-state index contributed by atoms with van der Waals surface area (Å²) in [6.07, 6.45) is 8.72. The second-order valence-corrected chi connectivity index (χ2v) is 6.59. The molecule has 0 radical (unpaired) electrons. The van der Waals surface area contributed by atoms with Crippen LogP contribution in [0, 0.1) is 5.92 Å². The third-order valence-corrected chi connectivity index (χ3v) is 4.87. The molecule has 0 spiro atoms. The molecule has 2 aliphatic rings. The van der Waals surface area contributed by atoms with Gasteiger partial charge in [-0.25, -0.2) is 4.98 Å². The van der Waals surface area contributed by atoms with Crippen LogP contribution in [-0.4, -0.2) is 39.1 Å². The first kappa shape index (κ1) is 20.2. The van der Waals surface area contributed by atoms with Gasteiger partial charge in [0, 0.05) is 45.2 Å². The fourth-order valence-corrected chi connectivity index (χ4v) is 3.55. The molecule has 2 aromatic rings. The lowest BCUT2D eigenvalue weighted by molar-refractivity contribution is 0.0501. The summed E-state index contributed by atoms with van der Waals surface area (Å²) in [7, 11) is 0. The summed E-state index contributed by atoms with van der Waals surface area (Å²) in [5.74, 6) is 1.67. The zero-order valence-electron chi connectivity index (χ0n) is 14.4. The Bertz CT molecular complexity index is 628. The van der Waals surface area contributed by atoms with Gasteiger partial charge in [0.1, 0.15) is 5.69 Å². The van der Waals surface area contributed by atoms with Crippen molar-refractivity contribution in [3.63, 3.8) is 0 Å². The van der Waals surface area contributed by atoms with E-state index in [0.29, 0.717) is 5.92 Å². The summed E-state index contributed by atoms with van der Waals surface area (Å²) in [5, 5.41) is 8.22. The van der Waals surface area contributed by atoms with Crippen LogP contribution in [0.3, 0.4) is 0 Å². The van der Waals surface area contributed by atoms with Gasteiger partial charge in [-0.1, -0.05) is 0 Å². The molecule has 25 heavy (non-hydrogen) atoms. The zero-order chi connectivity index (χ0) is 15.5. The molecule has 6 nitrogen and oxygen atoms in total. The number of hydrogen-bond acceptors (Lipinski definition) is 4. The van der Waals surface area contributed by atoms with Gasteiger partial charge >= 0.3 is 0 Å². The van der Waals surface area contributed by atoms with Gasteiger partial charge < -0.3 is 14.6 Å². The van der Waals surface area contributed by atoms with Crippen LogP contribution in [0.1, 0.15) is 31.4 Å². The van der Waals surface area contributed by atoms with Crippen LogP contribution < -0.4 is 5.32 Å². The Kier molecular flexibility index (Phi) is 7.75. The predicted octanol–water partition coefficient (Wildman–Crippen LogP) is 2.90. The fourth-order valence-electron chi connectivity index (χ4n) is 3.55. The molecule has 4 rings (SSSR count). The first-order chi connectivity index (χ1) is 11.4. The maximum absolute atomic E-state index is 5.59. The van der Waals surface area contributed by atoms with Gasteiger partial charge in [0.2, 0.25) is 0 Å². The van der Waals surface area contributed by atoms with Crippen molar-refractivity contribution in [1.29, 1.82) is 0 Å². The van der Waals surface area contributed by atoms with E-state index in [-0.39, 0.29) is 24.8 Å². The van der Waals surface area contributed by atoms with E-state index < -0.39 is 0 Å². The molecule has 0 aromatic carbocycles. The van der Waals surface area contributed by atoms with Crippen LogP contribution in [-0.2, 0) is 24.4 Å². The number of nitrogens with one attached hydrogen (secondary N) is 1. The van der Waals surface area contributed by atoms with Crippen molar-refractivity contribution in [3.8, 4) is 11.5 Å². The Labute approximate surface area is 161 Å². The topological polar surface area (TPSA) is 56.9 Å². The fraction of sp³-hybridized carbons (Fsp3) is 0.647. The van der Waals surface area contributed by atoms with E-state index in [0.717, 1.165) is 63.8 Å². The lowest BCUT2D eigenvalue weighted by Crippen LogP contribution is -2.19. The third-order valence-electron chi connectivity index (χ3n) is 4.87. The normalized spacial score (nSPS) is 20.1. The first-order valence-electron chi connectivity index (χ1n) is 8.77. The molecule has 0 bridgehead atoms. The predicted molar refractivity (Wildman–Crippen MR) is 102 cm³/mol. The number of rotatable bonds is 4. The van der Waals surface area contributed by atoms with Gasteiger partial charge in [0.25, 0.3) is 0 Å². The molecule has 0 saturated carbocycles. The standard InChI is InChI=1S/C17H25N5O.2ClH/c1-3-14(13-23-10-1)4-8-21-9-6-19-17(21)16-11-15-12-18-5-2-7-22(15)20-16;;/h6,9,11,14,18H,1-5,7-8,10,12-13H2;2*1H. The SMILES string of the molecule is Cl.Cl.c1cn(CCC2CCCOC2)c(-c2cc3n(n2)CCCNC3)n1. The van der Waals surface area contributed by atoms with E-state index in [1.54, 1.807) is 0 Å². The molecule has 140 valence electrons. The van der Waals surface area contributed by atoms with Crippen molar-refractivity contribution >= 4 is 24.8 Å². The van der Waals surface area contributed by atoms with Gasteiger partial charge in [-0.15, -0.1) is 24.8 Å². The molecule has 1 fully saturated rings. The van der Waals surface area contributed by atoms with Crippen molar-refractivity contribution in [2.45, 2.75) is 45.3 Å². The van der Waals surface area contributed by atoms with Crippen LogP contribution in [0.25, 0.3) is 11.5 Å². The number of nitrogens with zero attached hydrogens (tertiary/aromatic N) is 4. The number of hydrogen-bond donors (Lipinski definition) is 1. The summed E-state index contributed by atoms with van der Waals surface area (Å²) in [6.45, 7) is 5.78. The van der Waals surface area contributed by atoms with E-state index in [4.69, 9.17) is 9.84 Å². The monoisotopic (exact) mass is 387 g/mol. The summed E-state index contributed by atoms with van der Waals surface area (Å²) in [6, 6.07) is 2.18. The Morgan fingerprint density at radius 1 is 1.28 bits per heavy atom. The molecule has 2 aromatic heterocycles. The van der Waals surface area contributed by atoms with Crippen molar-refractivity contribution in [2.75, 3.05) is 19.8 Å². The molecule has 1 atom stereocenters. The molecule has 4 heterocycles. The van der Waals surface area contributed by atoms with Gasteiger partial charge in [0.15, 0.2) is 5.82 Å². The first-order valence-corrected chi connectivity index (χ1v) is 8.77. The highest BCUT2D eigenvalue weighted by Crippen LogP contribution is 2.22. The number of ether oxygens (including phenoxy) is 1. The zero-order valence-corrected chi connectivity index (χ0v) is 16.0. The summed E-state index contributed by atoms with van der Waals surface area (Å²) in [4.78, 5) is 4.55. The van der Waals surface area contributed by atoms with Gasteiger partial charge in [-0.3, -0.25) is 4.68 Å². The van der Waals surface area contributed by atoms with Crippen molar-refractivity contribution in [2.24, 2.45) is 5.92 Å². The Morgan fingerprint density at radius 2 is 2.20 bits per heavy atom. The lowest BCUT2D eigenvalue weighted by Gasteiger charge is -2.22. The molecule has 1 saturated heterocycles. The van der Waals surface area contributed by atoms with Gasteiger partial charge in [-0.2, -0.15) is 5.10 Å². The van der Waals surface area contributed by atoms with Crippen LogP contribution in [0.15, 0.2) is 18.5 Å². The van der Waals surface area contributed by atoms with Crippen molar-refractivity contribution in [1.82, 2.24) is 24.6 Å². The van der Waals surface area contributed by atoms with Crippen LogP contribution in [0.5, 0.6) is 0 Å². The quantitative estimate of drug-likeness (QED) is 0.875. The molecular weight excluding hydrogens is 361 g/mol. The minimum Gasteiger partial charge on any atom is -0.381 e. The van der Waals surface area contributed by atoms with Crippen LogP contribution in [0.4, 0.5) is 0 Å². The largest absolute Gasteiger partial charge is 0.381 e. The van der Waals surface area contributed by atoms with E-state index in [2.05, 4.69) is 31.8 Å². The Balaban J connectivity index is 0.00000113. The maximum Gasteiger partial charge on any atom is 0.160 e. The van der Waals surface area contributed by atoms with E-state index in [1.807, 2.05) is 6.20 Å². The van der Waals surface area contributed by atoms with Crippen LogP contribution in [0.2, 0.25) is 0 Å². The Hall–Kier alpha value is -1.08. The maximum atomic E-state index is 5.59. The third kappa shape index (κ3) is 4.76. The lowest BCUT2D eigenvalue weighted by atomic mass is 9.99. The summed E-state index contributed by atoms with van der Waals surface area (Å²) in [5.41, 5.74) is 2.25. The van der Waals surface area contributed by atoms with E-state index in [9.17, 15) is 0 Å². The summed E-state index contributed by atoms with van der Waals surface area (Å²) >= 11 is 0. The smallest absolute Gasteiger partial charge is 0.160 e.